The van der Waals surface area contributed by atoms with Crippen molar-refractivity contribution in [2.24, 2.45) is 5.92 Å². The summed E-state index contributed by atoms with van der Waals surface area (Å²) in [4.78, 5) is 12.1. The van der Waals surface area contributed by atoms with Crippen LogP contribution in [0.5, 0.6) is 0 Å². The van der Waals surface area contributed by atoms with Crippen LogP contribution in [0, 0.1) is 5.92 Å². The van der Waals surface area contributed by atoms with E-state index in [-0.39, 0.29) is 11.8 Å². The van der Waals surface area contributed by atoms with Crippen LogP contribution in [0.25, 0.3) is 11.3 Å². The molecule has 0 atom stereocenters. The third kappa shape index (κ3) is 3.75. The predicted molar refractivity (Wildman–Crippen MR) is 85.2 cm³/mol. The molecule has 0 spiro atoms. The van der Waals surface area contributed by atoms with Gasteiger partial charge in [0.15, 0.2) is 5.76 Å². The molecule has 22 heavy (non-hydrogen) atoms. The molecule has 1 aromatic carbocycles. The van der Waals surface area contributed by atoms with Gasteiger partial charge in [0, 0.05) is 30.5 Å². The highest BCUT2D eigenvalue weighted by Gasteiger charge is 2.20. The van der Waals surface area contributed by atoms with Crippen molar-refractivity contribution in [3.8, 4) is 11.3 Å². The lowest BCUT2D eigenvalue weighted by molar-refractivity contribution is -0.125. The first-order valence-electron chi connectivity index (χ1n) is 8.11. The molecule has 116 valence electrons. The SMILES string of the molecule is O=C(NCCc1cc(-c2ccccc2)on1)C1CCCCC1. The molecule has 0 saturated heterocycles. The van der Waals surface area contributed by atoms with Crippen LogP contribution < -0.4 is 5.32 Å². The van der Waals surface area contributed by atoms with Crippen LogP contribution in [0.3, 0.4) is 0 Å². The van der Waals surface area contributed by atoms with Crippen molar-refractivity contribution in [3.05, 3.63) is 42.1 Å². The van der Waals surface area contributed by atoms with E-state index in [9.17, 15) is 4.79 Å². The highest BCUT2D eigenvalue weighted by atomic mass is 16.5. The van der Waals surface area contributed by atoms with Crippen LogP contribution in [0.2, 0.25) is 0 Å². The van der Waals surface area contributed by atoms with Gasteiger partial charge in [-0.25, -0.2) is 0 Å². The van der Waals surface area contributed by atoms with Gasteiger partial charge in [-0.1, -0.05) is 54.8 Å². The second-order valence-electron chi connectivity index (χ2n) is 5.92. The van der Waals surface area contributed by atoms with E-state index in [1.807, 2.05) is 36.4 Å². The van der Waals surface area contributed by atoms with Crippen LogP contribution in [0.15, 0.2) is 40.9 Å². The quantitative estimate of drug-likeness (QED) is 0.918. The summed E-state index contributed by atoms with van der Waals surface area (Å²) in [7, 11) is 0. The van der Waals surface area contributed by atoms with E-state index in [0.717, 1.165) is 29.9 Å². The van der Waals surface area contributed by atoms with Crippen molar-refractivity contribution < 1.29 is 9.32 Å². The van der Waals surface area contributed by atoms with Gasteiger partial charge in [0.25, 0.3) is 0 Å². The molecule has 1 aliphatic rings. The first-order chi connectivity index (χ1) is 10.8. The molecule has 3 rings (SSSR count). The van der Waals surface area contributed by atoms with Crippen LogP contribution in [0.4, 0.5) is 0 Å². The summed E-state index contributed by atoms with van der Waals surface area (Å²) >= 11 is 0. The van der Waals surface area contributed by atoms with Crippen molar-refractivity contribution in [2.75, 3.05) is 6.54 Å². The van der Waals surface area contributed by atoms with E-state index in [1.54, 1.807) is 0 Å². The lowest BCUT2D eigenvalue weighted by Crippen LogP contribution is -2.33. The molecule has 2 aromatic rings. The number of hydrogen-bond donors (Lipinski definition) is 1. The summed E-state index contributed by atoms with van der Waals surface area (Å²) in [5.74, 6) is 1.19. The first-order valence-corrected chi connectivity index (χ1v) is 8.11. The number of carbonyl (C=O) groups is 1. The summed E-state index contributed by atoms with van der Waals surface area (Å²) < 4.78 is 5.36. The maximum Gasteiger partial charge on any atom is 0.223 e. The maximum atomic E-state index is 12.1. The van der Waals surface area contributed by atoms with Gasteiger partial charge in [-0.05, 0) is 12.8 Å². The third-order valence-corrected chi connectivity index (χ3v) is 4.27. The molecular formula is C18H22N2O2. The van der Waals surface area contributed by atoms with Crippen LogP contribution >= 0.6 is 0 Å². The van der Waals surface area contributed by atoms with Crippen molar-refractivity contribution >= 4 is 5.91 Å². The van der Waals surface area contributed by atoms with E-state index < -0.39 is 0 Å². The lowest BCUT2D eigenvalue weighted by atomic mass is 9.89. The minimum Gasteiger partial charge on any atom is -0.356 e. The summed E-state index contributed by atoms with van der Waals surface area (Å²) in [5.41, 5.74) is 1.90. The van der Waals surface area contributed by atoms with Crippen molar-refractivity contribution in [2.45, 2.75) is 38.5 Å². The smallest absolute Gasteiger partial charge is 0.223 e. The highest BCUT2D eigenvalue weighted by Crippen LogP contribution is 2.23. The number of benzene rings is 1. The Balaban J connectivity index is 1.48. The van der Waals surface area contributed by atoms with Crippen LogP contribution in [-0.4, -0.2) is 17.6 Å². The van der Waals surface area contributed by atoms with Gasteiger partial charge in [-0.15, -0.1) is 0 Å². The van der Waals surface area contributed by atoms with Crippen molar-refractivity contribution in [1.82, 2.24) is 10.5 Å². The topological polar surface area (TPSA) is 55.1 Å². The molecule has 0 unspecified atom stereocenters. The van der Waals surface area contributed by atoms with Crippen molar-refractivity contribution in [3.63, 3.8) is 0 Å². The Bertz CT molecular complexity index is 601. The fraction of sp³-hybridized carbons (Fsp3) is 0.444. The monoisotopic (exact) mass is 298 g/mol. The molecule has 1 N–H and O–H groups in total. The molecule has 1 aromatic heterocycles. The molecule has 4 heteroatoms. The molecule has 1 aliphatic carbocycles. The van der Waals surface area contributed by atoms with E-state index in [4.69, 9.17) is 4.52 Å². The lowest BCUT2D eigenvalue weighted by Gasteiger charge is -2.20. The molecule has 4 nitrogen and oxygen atoms in total. The van der Waals surface area contributed by atoms with Gasteiger partial charge < -0.3 is 9.84 Å². The molecule has 1 saturated carbocycles. The number of rotatable bonds is 5. The average molecular weight is 298 g/mol. The van der Waals surface area contributed by atoms with E-state index in [0.29, 0.717) is 13.0 Å². The summed E-state index contributed by atoms with van der Waals surface area (Å²) in [6.45, 7) is 0.621. The van der Waals surface area contributed by atoms with E-state index in [1.165, 1.54) is 19.3 Å². The number of hydrogen-bond acceptors (Lipinski definition) is 3. The average Bonchev–Trinajstić information content (AvgIpc) is 3.05. The number of carbonyl (C=O) groups excluding carboxylic acids is 1. The number of nitrogens with zero attached hydrogens (tertiary/aromatic N) is 1. The Morgan fingerprint density at radius 2 is 1.95 bits per heavy atom. The summed E-state index contributed by atoms with van der Waals surface area (Å²) in [6, 6.07) is 11.9. The van der Waals surface area contributed by atoms with Crippen LogP contribution in [-0.2, 0) is 11.2 Å². The molecule has 1 amide bonds. The van der Waals surface area contributed by atoms with Gasteiger partial charge in [0.1, 0.15) is 0 Å². The van der Waals surface area contributed by atoms with Gasteiger partial charge in [-0.2, -0.15) is 0 Å². The zero-order valence-electron chi connectivity index (χ0n) is 12.8. The standard InChI is InChI=1S/C18H22N2O2/c21-18(15-9-5-2-6-10-15)19-12-11-16-13-17(22-20-16)14-7-3-1-4-8-14/h1,3-4,7-8,13,15H,2,5-6,9-12H2,(H,19,21). The molecule has 1 heterocycles. The zero-order valence-corrected chi connectivity index (χ0v) is 12.8. The zero-order chi connectivity index (χ0) is 15.2. The Morgan fingerprint density at radius 3 is 2.73 bits per heavy atom. The summed E-state index contributed by atoms with van der Waals surface area (Å²) in [5, 5.41) is 7.10. The van der Waals surface area contributed by atoms with Gasteiger partial charge in [0.05, 0.1) is 5.69 Å². The first kappa shape index (κ1) is 14.8. The largest absolute Gasteiger partial charge is 0.356 e. The number of nitrogens with one attached hydrogen (secondary N) is 1. The highest BCUT2D eigenvalue weighted by molar-refractivity contribution is 5.78. The van der Waals surface area contributed by atoms with Gasteiger partial charge in [0.2, 0.25) is 5.91 Å². The summed E-state index contributed by atoms with van der Waals surface area (Å²) in [6.07, 6.45) is 6.41. The second-order valence-corrected chi connectivity index (χ2v) is 5.92. The van der Waals surface area contributed by atoms with Gasteiger partial charge in [-0.3, -0.25) is 4.79 Å². The van der Waals surface area contributed by atoms with E-state index in [2.05, 4.69) is 10.5 Å². The number of amides is 1. The molecular weight excluding hydrogens is 276 g/mol. The molecule has 0 bridgehead atoms. The van der Waals surface area contributed by atoms with Crippen molar-refractivity contribution in [1.29, 1.82) is 0 Å². The normalized spacial score (nSPS) is 15.6. The fourth-order valence-electron chi connectivity index (χ4n) is 2.99. The third-order valence-electron chi connectivity index (χ3n) is 4.27. The molecule has 0 radical (unpaired) electrons. The minimum absolute atomic E-state index is 0.200. The maximum absolute atomic E-state index is 12.1. The molecule has 1 fully saturated rings. The Kier molecular flexibility index (Phi) is 4.88. The minimum atomic E-state index is 0.200. The number of aromatic nitrogens is 1. The second kappa shape index (κ2) is 7.25. The van der Waals surface area contributed by atoms with E-state index >= 15 is 0 Å². The molecule has 0 aliphatic heterocycles. The Labute approximate surface area is 130 Å². The predicted octanol–water partition coefficient (Wildman–Crippen LogP) is 3.58. The Hall–Kier alpha value is -2.10. The van der Waals surface area contributed by atoms with Crippen LogP contribution in [0.1, 0.15) is 37.8 Å². The fourth-order valence-corrected chi connectivity index (χ4v) is 2.99. The Morgan fingerprint density at radius 1 is 1.18 bits per heavy atom. The van der Waals surface area contributed by atoms with Gasteiger partial charge >= 0.3 is 0 Å².